The number of phosphoric acid groups is 1. The number of likely N-dealkylation sites (N-methyl/N-ethyl adjacent to an activating group) is 1. The van der Waals surface area contributed by atoms with E-state index in [1.54, 1.807) is 0 Å². The van der Waals surface area contributed by atoms with Gasteiger partial charge in [0.25, 0.3) is 7.82 Å². The van der Waals surface area contributed by atoms with Gasteiger partial charge >= 0.3 is 11.9 Å². The first kappa shape index (κ1) is 91.5. The molecule has 0 fully saturated rings. The summed E-state index contributed by atoms with van der Waals surface area (Å²) in [5.41, 5.74) is 0. The number of quaternary nitrogens is 1. The molecular weight excluding hydrogens is 1170 g/mol. The van der Waals surface area contributed by atoms with E-state index in [9.17, 15) is 19.0 Å². The molecule has 0 aromatic rings. The van der Waals surface area contributed by atoms with Crippen LogP contribution in [0.4, 0.5) is 0 Å². The highest BCUT2D eigenvalue weighted by Gasteiger charge is 2.22. The predicted octanol–water partition coefficient (Wildman–Crippen LogP) is 26.9. The summed E-state index contributed by atoms with van der Waals surface area (Å²) in [6, 6.07) is 0. The third kappa shape index (κ3) is 79.4. The summed E-state index contributed by atoms with van der Waals surface area (Å²) in [6.07, 6.45) is 96.1. The van der Waals surface area contributed by atoms with Crippen molar-refractivity contribution in [2.24, 2.45) is 0 Å². The summed E-state index contributed by atoms with van der Waals surface area (Å²) in [6.45, 7) is 4.33. The molecule has 93 heavy (non-hydrogen) atoms. The van der Waals surface area contributed by atoms with E-state index in [-0.39, 0.29) is 32.0 Å². The van der Waals surface area contributed by atoms with Gasteiger partial charge < -0.3 is 27.9 Å². The Labute approximate surface area is 580 Å². The van der Waals surface area contributed by atoms with Crippen molar-refractivity contribution >= 4 is 19.8 Å². The largest absolute Gasteiger partial charge is 0.756 e. The molecule has 552 valence electrons. The van der Waals surface area contributed by atoms with E-state index in [4.69, 9.17) is 18.5 Å². The molecule has 0 aliphatic heterocycles. The Hall–Kier alpha value is -1.51. The standard InChI is InChI=1S/C83H162NO8P/c1-6-8-10-12-14-16-18-20-22-24-26-28-30-32-34-36-38-40-41-42-44-45-47-49-51-53-55-57-59-61-63-65-67-69-71-73-75-82(85)89-79-81(80-91-93(87,88)90-78-77-84(3,4)5)92-83(86)76-74-72-70-68-66-64-62-60-58-56-54-52-50-48-46-43-39-37-35-33-31-29-27-25-23-21-19-17-15-13-11-9-7-2/h19,21,25,27,81H,6-18,20,22-24,26,28-80H2,1-5H3/b21-19-,27-25-. The highest BCUT2D eigenvalue weighted by atomic mass is 31.2. The van der Waals surface area contributed by atoms with Crippen LogP contribution in [0.25, 0.3) is 0 Å². The first-order valence-corrected chi connectivity index (χ1v) is 43.0. The van der Waals surface area contributed by atoms with Crippen LogP contribution in [0.2, 0.25) is 0 Å². The summed E-state index contributed by atoms with van der Waals surface area (Å²) >= 11 is 0. The van der Waals surface area contributed by atoms with Crippen molar-refractivity contribution in [3.63, 3.8) is 0 Å². The highest BCUT2D eigenvalue weighted by molar-refractivity contribution is 7.45. The van der Waals surface area contributed by atoms with Gasteiger partial charge in [-0.15, -0.1) is 0 Å². The van der Waals surface area contributed by atoms with Gasteiger partial charge in [-0.05, 0) is 44.9 Å². The molecule has 0 heterocycles. The van der Waals surface area contributed by atoms with Crippen LogP contribution >= 0.6 is 7.82 Å². The fraction of sp³-hybridized carbons (Fsp3) is 0.928. The van der Waals surface area contributed by atoms with E-state index in [1.807, 2.05) is 21.1 Å². The molecule has 2 atom stereocenters. The number of carbonyl (C=O) groups is 2. The molecule has 2 unspecified atom stereocenters. The van der Waals surface area contributed by atoms with Gasteiger partial charge in [0, 0.05) is 12.8 Å². The average Bonchev–Trinajstić information content (AvgIpc) is 2.30. The molecule has 0 amide bonds. The maximum absolute atomic E-state index is 12.9. The molecule has 0 rings (SSSR count). The van der Waals surface area contributed by atoms with Gasteiger partial charge in [0.05, 0.1) is 27.7 Å². The Bertz CT molecular complexity index is 1610. The second-order valence-electron chi connectivity index (χ2n) is 29.9. The van der Waals surface area contributed by atoms with Crippen molar-refractivity contribution in [3.05, 3.63) is 24.3 Å². The second-order valence-corrected chi connectivity index (χ2v) is 31.3. The zero-order valence-corrected chi connectivity index (χ0v) is 64.1. The molecule has 0 aromatic carbocycles. The third-order valence-electron chi connectivity index (χ3n) is 19.2. The first-order chi connectivity index (χ1) is 45.5. The van der Waals surface area contributed by atoms with Crippen LogP contribution in [0.5, 0.6) is 0 Å². The minimum atomic E-state index is -4.64. The molecule has 0 N–H and O–H groups in total. The Morgan fingerprint density at radius 3 is 0.849 bits per heavy atom. The average molecular weight is 1330 g/mol. The van der Waals surface area contributed by atoms with Gasteiger partial charge in [-0.1, -0.05) is 411 Å². The minimum absolute atomic E-state index is 0.0263. The summed E-state index contributed by atoms with van der Waals surface area (Å²) in [5.74, 6) is -0.804. The molecule has 0 aliphatic carbocycles. The van der Waals surface area contributed by atoms with Gasteiger partial charge in [0.1, 0.15) is 19.8 Å². The van der Waals surface area contributed by atoms with Crippen molar-refractivity contribution in [1.29, 1.82) is 0 Å². The molecule has 0 aliphatic rings. The van der Waals surface area contributed by atoms with E-state index in [0.29, 0.717) is 17.4 Å². The predicted molar refractivity (Wildman–Crippen MR) is 402 cm³/mol. The normalized spacial score (nSPS) is 13.1. The minimum Gasteiger partial charge on any atom is -0.756 e. The van der Waals surface area contributed by atoms with Crippen LogP contribution in [0.3, 0.4) is 0 Å². The lowest BCUT2D eigenvalue weighted by Crippen LogP contribution is -2.37. The topological polar surface area (TPSA) is 111 Å². The molecule has 0 saturated carbocycles. The lowest BCUT2D eigenvalue weighted by atomic mass is 10.0. The van der Waals surface area contributed by atoms with Crippen LogP contribution in [0.1, 0.15) is 444 Å². The van der Waals surface area contributed by atoms with E-state index in [0.717, 1.165) is 38.5 Å². The Kier molecular flexibility index (Phi) is 73.5. The van der Waals surface area contributed by atoms with E-state index in [2.05, 4.69) is 38.2 Å². The van der Waals surface area contributed by atoms with Crippen molar-refractivity contribution in [1.82, 2.24) is 0 Å². The summed E-state index contributed by atoms with van der Waals surface area (Å²) in [4.78, 5) is 38.2. The number of rotatable bonds is 79. The molecule has 0 spiro atoms. The summed E-state index contributed by atoms with van der Waals surface area (Å²) < 4.78 is 34.5. The molecular formula is C83H162NO8P. The number of esters is 2. The molecule has 9 nitrogen and oxygen atoms in total. The number of allylic oxidation sites excluding steroid dienone is 4. The van der Waals surface area contributed by atoms with E-state index in [1.165, 1.54) is 372 Å². The summed E-state index contributed by atoms with van der Waals surface area (Å²) in [5, 5.41) is 0. The van der Waals surface area contributed by atoms with Crippen LogP contribution in [0, 0.1) is 0 Å². The van der Waals surface area contributed by atoms with E-state index >= 15 is 0 Å². The zero-order chi connectivity index (χ0) is 67.6. The lowest BCUT2D eigenvalue weighted by molar-refractivity contribution is -0.870. The van der Waals surface area contributed by atoms with Crippen LogP contribution < -0.4 is 4.89 Å². The van der Waals surface area contributed by atoms with Crippen molar-refractivity contribution in [2.45, 2.75) is 450 Å². The maximum atomic E-state index is 12.9. The quantitative estimate of drug-likeness (QED) is 0.0195. The molecule has 0 bridgehead atoms. The fourth-order valence-electron chi connectivity index (χ4n) is 12.9. The van der Waals surface area contributed by atoms with Gasteiger partial charge in [0.2, 0.25) is 0 Å². The fourth-order valence-corrected chi connectivity index (χ4v) is 13.6. The van der Waals surface area contributed by atoms with E-state index < -0.39 is 26.5 Å². The maximum Gasteiger partial charge on any atom is 0.306 e. The Morgan fingerprint density at radius 2 is 0.581 bits per heavy atom. The van der Waals surface area contributed by atoms with Crippen LogP contribution in [-0.2, 0) is 32.7 Å². The van der Waals surface area contributed by atoms with Crippen LogP contribution in [-0.4, -0.2) is 70.0 Å². The number of ether oxygens (including phenoxy) is 2. The number of unbranched alkanes of at least 4 members (excludes halogenated alkanes) is 61. The van der Waals surface area contributed by atoms with Crippen molar-refractivity contribution in [3.8, 4) is 0 Å². The number of carbonyl (C=O) groups excluding carboxylic acids is 2. The molecule has 0 aromatic heterocycles. The number of phosphoric ester groups is 1. The highest BCUT2D eigenvalue weighted by Crippen LogP contribution is 2.38. The second kappa shape index (κ2) is 74.7. The zero-order valence-electron chi connectivity index (χ0n) is 63.3. The summed E-state index contributed by atoms with van der Waals surface area (Å²) in [7, 11) is 1.20. The van der Waals surface area contributed by atoms with Gasteiger partial charge in [-0.25, -0.2) is 0 Å². The molecule has 0 radical (unpaired) electrons. The lowest BCUT2D eigenvalue weighted by Gasteiger charge is -2.28. The monoisotopic (exact) mass is 1330 g/mol. The Morgan fingerprint density at radius 1 is 0.333 bits per heavy atom. The van der Waals surface area contributed by atoms with Crippen molar-refractivity contribution < 1.29 is 42.1 Å². The molecule has 0 saturated heterocycles. The number of hydrogen-bond donors (Lipinski definition) is 0. The van der Waals surface area contributed by atoms with Gasteiger partial charge in [0.15, 0.2) is 6.10 Å². The smallest absolute Gasteiger partial charge is 0.306 e. The Balaban J connectivity index is 3.87. The van der Waals surface area contributed by atoms with Gasteiger partial charge in [-0.3, -0.25) is 14.2 Å². The third-order valence-corrected chi connectivity index (χ3v) is 20.2. The van der Waals surface area contributed by atoms with Crippen LogP contribution in [0.15, 0.2) is 24.3 Å². The number of nitrogens with zero attached hydrogens (tertiary/aromatic N) is 1. The SMILES string of the molecule is CCCCCCC/C=C\C/C=C\CCCCCCCCCCCCCCCCCCCCCCCC(=O)OC(COC(=O)CCCCCCCCCCCCCCCCCCCCCCCCCCCCCCCCCCCCCC)COP(=O)([O-])OCC[N+](C)(C)C. The van der Waals surface area contributed by atoms with Gasteiger partial charge in [-0.2, -0.15) is 0 Å². The molecule has 10 heteroatoms. The number of hydrogen-bond acceptors (Lipinski definition) is 8. The van der Waals surface area contributed by atoms with Crippen molar-refractivity contribution in [2.75, 3.05) is 47.5 Å². The first-order valence-electron chi connectivity index (χ1n) is 41.5.